The molecule has 138 valence electrons. The molecule has 1 aliphatic heterocycles. The molecule has 2 aromatic carbocycles. The van der Waals surface area contributed by atoms with Gasteiger partial charge in [0.25, 0.3) is 5.91 Å². The fourth-order valence-electron chi connectivity index (χ4n) is 3.71. The number of fused-ring (bicyclic) bond motifs is 1. The lowest BCUT2D eigenvalue weighted by molar-refractivity contribution is -0.137. The van der Waals surface area contributed by atoms with E-state index in [4.69, 9.17) is 9.47 Å². The van der Waals surface area contributed by atoms with E-state index in [9.17, 15) is 9.59 Å². The Labute approximate surface area is 153 Å². The second kappa shape index (κ2) is 7.77. The maximum Gasteiger partial charge on any atom is 0.342 e. The van der Waals surface area contributed by atoms with Crippen LogP contribution in [0.3, 0.4) is 0 Å². The van der Waals surface area contributed by atoms with Crippen LogP contribution in [-0.4, -0.2) is 43.6 Å². The van der Waals surface area contributed by atoms with Crippen molar-refractivity contribution >= 4 is 22.6 Å². The number of nitrogens with zero attached hydrogens (tertiary/aromatic N) is 1. The molecule has 1 fully saturated rings. The van der Waals surface area contributed by atoms with Gasteiger partial charge < -0.3 is 14.4 Å². The van der Waals surface area contributed by atoms with Gasteiger partial charge in [-0.15, -0.1) is 0 Å². The highest BCUT2D eigenvalue weighted by Gasteiger charge is 2.26. The van der Waals surface area contributed by atoms with Crippen molar-refractivity contribution in [1.82, 2.24) is 4.90 Å². The van der Waals surface area contributed by atoms with Crippen LogP contribution in [0.2, 0.25) is 0 Å². The second-order valence-electron chi connectivity index (χ2n) is 7.22. The molecule has 0 radical (unpaired) electrons. The average molecular weight is 355 g/mol. The number of carbonyl (C=O) groups excluding carboxylic acids is 2. The topological polar surface area (TPSA) is 55.8 Å². The third-order valence-corrected chi connectivity index (χ3v) is 4.84. The highest BCUT2D eigenvalue weighted by atomic mass is 16.5. The van der Waals surface area contributed by atoms with Gasteiger partial charge in [0.1, 0.15) is 11.3 Å². The molecule has 2 atom stereocenters. The summed E-state index contributed by atoms with van der Waals surface area (Å²) in [5, 5.41) is 1.90. The van der Waals surface area contributed by atoms with E-state index in [1.807, 2.05) is 30.3 Å². The maximum absolute atomic E-state index is 12.5. The fraction of sp³-hybridized carbons (Fsp3) is 0.429. The Morgan fingerprint density at radius 1 is 1.08 bits per heavy atom. The van der Waals surface area contributed by atoms with Gasteiger partial charge in [-0.1, -0.05) is 38.1 Å². The summed E-state index contributed by atoms with van der Waals surface area (Å²) in [7, 11) is 1.52. The lowest BCUT2D eigenvalue weighted by Crippen LogP contribution is -2.44. The van der Waals surface area contributed by atoms with E-state index in [1.165, 1.54) is 7.11 Å². The van der Waals surface area contributed by atoms with E-state index in [-0.39, 0.29) is 12.5 Å². The Bertz CT molecular complexity index is 807. The van der Waals surface area contributed by atoms with Gasteiger partial charge in [-0.3, -0.25) is 4.79 Å². The first-order chi connectivity index (χ1) is 12.5. The Morgan fingerprint density at radius 3 is 2.31 bits per heavy atom. The SMILES string of the molecule is COc1cc2ccccc2cc1C(=O)OCC(=O)N1C[C@H](C)C[C@H](C)C1. The van der Waals surface area contributed by atoms with Crippen LogP contribution in [0.5, 0.6) is 5.75 Å². The summed E-state index contributed by atoms with van der Waals surface area (Å²) < 4.78 is 10.6. The Kier molecular flexibility index (Phi) is 5.45. The molecule has 0 aliphatic carbocycles. The van der Waals surface area contributed by atoms with E-state index < -0.39 is 5.97 Å². The maximum atomic E-state index is 12.5. The number of benzene rings is 2. The van der Waals surface area contributed by atoms with Gasteiger partial charge in [0.2, 0.25) is 0 Å². The lowest BCUT2D eigenvalue weighted by Gasteiger charge is -2.34. The molecule has 0 spiro atoms. The molecule has 5 nitrogen and oxygen atoms in total. The lowest BCUT2D eigenvalue weighted by atomic mass is 9.92. The van der Waals surface area contributed by atoms with Crippen molar-refractivity contribution in [2.45, 2.75) is 20.3 Å². The number of carbonyl (C=O) groups is 2. The quantitative estimate of drug-likeness (QED) is 0.788. The molecule has 0 bridgehead atoms. The van der Waals surface area contributed by atoms with Gasteiger partial charge in [0.05, 0.1) is 7.11 Å². The van der Waals surface area contributed by atoms with Gasteiger partial charge in [0.15, 0.2) is 6.61 Å². The molecule has 26 heavy (non-hydrogen) atoms. The summed E-state index contributed by atoms with van der Waals surface area (Å²) in [6.45, 7) is 5.48. The number of likely N-dealkylation sites (tertiary alicyclic amines) is 1. The van der Waals surface area contributed by atoms with Crippen molar-refractivity contribution < 1.29 is 19.1 Å². The van der Waals surface area contributed by atoms with Crippen molar-refractivity contribution in [3.63, 3.8) is 0 Å². The normalized spacial score (nSPS) is 20.0. The third-order valence-electron chi connectivity index (χ3n) is 4.84. The van der Waals surface area contributed by atoms with Crippen molar-refractivity contribution in [2.24, 2.45) is 11.8 Å². The number of methoxy groups -OCH3 is 1. The first kappa shape index (κ1) is 18.2. The Hall–Kier alpha value is -2.56. The van der Waals surface area contributed by atoms with Crippen LogP contribution < -0.4 is 4.74 Å². The number of amides is 1. The van der Waals surface area contributed by atoms with Crippen LogP contribution in [0.4, 0.5) is 0 Å². The highest BCUT2D eigenvalue weighted by molar-refractivity contribution is 5.99. The summed E-state index contributed by atoms with van der Waals surface area (Å²) >= 11 is 0. The standard InChI is InChI=1S/C21H25NO4/c1-14-8-15(2)12-22(11-14)20(23)13-26-21(24)18-9-16-6-4-5-7-17(16)10-19(18)25-3/h4-7,9-10,14-15H,8,11-13H2,1-3H3/t14-,15+. The smallest absolute Gasteiger partial charge is 0.342 e. The monoisotopic (exact) mass is 355 g/mol. The number of rotatable bonds is 4. The largest absolute Gasteiger partial charge is 0.496 e. The van der Waals surface area contributed by atoms with Gasteiger partial charge in [-0.2, -0.15) is 0 Å². The Morgan fingerprint density at radius 2 is 1.69 bits per heavy atom. The summed E-state index contributed by atoms with van der Waals surface area (Å²) in [6, 6.07) is 11.3. The second-order valence-corrected chi connectivity index (χ2v) is 7.22. The number of hydrogen-bond acceptors (Lipinski definition) is 4. The zero-order valence-electron chi connectivity index (χ0n) is 15.5. The summed E-state index contributed by atoms with van der Waals surface area (Å²) in [5.41, 5.74) is 0.333. The van der Waals surface area contributed by atoms with Crippen molar-refractivity contribution in [3.05, 3.63) is 42.0 Å². The van der Waals surface area contributed by atoms with Gasteiger partial charge >= 0.3 is 5.97 Å². The molecule has 0 N–H and O–H groups in total. The number of hydrogen-bond donors (Lipinski definition) is 0. The third kappa shape index (κ3) is 3.98. The van der Waals surface area contributed by atoms with Crippen molar-refractivity contribution in [2.75, 3.05) is 26.8 Å². The summed E-state index contributed by atoms with van der Waals surface area (Å²) in [6.07, 6.45) is 1.12. The van der Waals surface area contributed by atoms with E-state index in [1.54, 1.807) is 11.0 Å². The minimum atomic E-state index is -0.543. The van der Waals surface area contributed by atoms with Crippen LogP contribution in [0.25, 0.3) is 10.8 Å². The molecule has 0 aromatic heterocycles. The molecule has 3 rings (SSSR count). The van der Waals surface area contributed by atoms with Crippen LogP contribution in [0.15, 0.2) is 36.4 Å². The van der Waals surface area contributed by atoms with E-state index in [0.717, 1.165) is 30.3 Å². The zero-order chi connectivity index (χ0) is 18.7. The molecule has 0 unspecified atom stereocenters. The number of esters is 1. The summed E-state index contributed by atoms with van der Waals surface area (Å²) in [5.74, 6) is 0.704. The molecule has 1 heterocycles. The van der Waals surface area contributed by atoms with Crippen molar-refractivity contribution in [3.8, 4) is 5.75 Å². The molecule has 1 aliphatic rings. The van der Waals surface area contributed by atoms with E-state index >= 15 is 0 Å². The molecular weight excluding hydrogens is 330 g/mol. The molecule has 1 amide bonds. The predicted molar refractivity (Wildman–Crippen MR) is 100 cm³/mol. The van der Waals surface area contributed by atoms with Gasteiger partial charge in [-0.05, 0) is 41.2 Å². The molecule has 1 saturated heterocycles. The fourth-order valence-corrected chi connectivity index (χ4v) is 3.71. The minimum absolute atomic E-state index is 0.142. The van der Waals surface area contributed by atoms with Crippen molar-refractivity contribution in [1.29, 1.82) is 0 Å². The van der Waals surface area contributed by atoms with E-state index in [2.05, 4.69) is 13.8 Å². The van der Waals surface area contributed by atoms with Crippen LogP contribution in [-0.2, 0) is 9.53 Å². The Balaban J connectivity index is 1.70. The average Bonchev–Trinajstić information content (AvgIpc) is 2.63. The number of ether oxygens (including phenoxy) is 2. The van der Waals surface area contributed by atoms with Gasteiger partial charge in [-0.25, -0.2) is 4.79 Å². The summed E-state index contributed by atoms with van der Waals surface area (Å²) in [4.78, 5) is 26.7. The van der Waals surface area contributed by atoms with Gasteiger partial charge in [0, 0.05) is 13.1 Å². The van der Waals surface area contributed by atoms with Crippen LogP contribution in [0.1, 0.15) is 30.6 Å². The number of piperidine rings is 1. The molecular formula is C21H25NO4. The highest BCUT2D eigenvalue weighted by Crippen LogP contribution is 2.27. The van der Waals surface area contributed by atoms with Crippen LogP contribution >= 0.6 is 0 Å². The minimum Gasteiger partial charge on any atom is -0.496 e. The molecule has 0 saturated carbocycles. The predicted octanol–water partition coefficient (Wildman–Crippen LogP) is 3.51. The van der Waals surface area contributed by atoms with Crippen LogP contribution in [0, 0.1) is 11.8 Å². The first-order valence-electron chi connectivity index (χ1n) is 8.99. The zero-order valence-corrected chi connectivity index (χ0v) is 15.5. The first-order valence-corrected chi connectivity index (χ1v) is 8.99. The molecule has 5 heteroatoms. The molecule has 2 aromatic rings. The van der Waals surface area contributed by atoms with E-state index in [0.29, 0.717) is 23.1 Å².